The van der Waals surface area contributed by atoms with E-state index >= 15 is 0 Å². The van der Waals surface area contributed by atoms with Crippen LogP contribution in [0.4, 0.5) is 17.8 Å². The number of nitrogens with one attached hydrogen (secondary N) is 1. The molecule has 6 aliphatic carbocycles. The van der Waals surface area contributed by atoms with Crippen LogP contribution in [0.5, 0.6) is 0 Å². The van der Waals surface area contributed by atoms with Crippen LogP contribution in [0.3, 0.4) is 0 Å². The van der Waals surface area contributed by atoms with Crippen LogP contribution in [-0.2, 0) is 28.8 Å². The number of nitrogens with zero attached hydrogens (tertiary/aromatic N) is 14. The molecule has 6 bridgehead atoms. The summed E-state index contributed by atoms with van der Waals surface area (Å²) >= 11 is 10.1. The van der Waals surface area contributed by atoms with E-state index < -0.39 is 0 Å². The molecule has 0 spiro atoms. The third-order valence-corrected chi connectivity index (χ3v) is 22.8. The first-order chi connectivity index (χ1) is 43.8. The molecule has 6 saturated carbocycles. The highest BCUT2D eigenvalue weighted by molar-refractivity contribution is 9.10. The van der Waals surface area contributed by atoms with Crippen LogP contribution in [-0.4, -0.2) is 206 Å². The molecule has 88 heavy (non-hydrogen) atoms. The Morgan fingerprint density at radius 3 is 1.03 bits per heavy atom. The molecular weight excluding hydrogens is 1310 g/mol. The molecule has 0 unspecified atom stereocenters. The van der Waals surface area contributed by atoms with Crippen molar-refractivity contribution in [3.05, 3.63) is 52.2 Å². The number of unbranched alkanes of at least 4 members (excludes halogenated alkanes) is 3. The third kappa shape index (κ3) is 14.1. The molecule has 0 radical (unpaired) electrons. The fourth-order valence-corrected chi connectivity index (χ4v) is 18.0. The number of imide groups is 3. The number of likely N-dealkylation sites (tertiary alicyclic amines) is 3. The number of hydrogen-bond acceptors (Lipinski definition) is 18. The smallest absolute Gasteiger partial charge is 0.233 e. The quantitative estimate of drug-likeness (QED) is 0.0796. The van der Waals surface area contributed by atoms with Gasteiger partial charge in [0.1, 0.15) is 0 Å². The van der Waals surface area contributed by atoms with Crippen molar-refractivity contribution in [2.45, 2.75) is 104 Å². The van der Waals surface area contributed by atoms with Gasteiger partial charge < -0.3 is 20.0 Å². The van der Waals surface area contributed by atoms with Crippen LogP contribution in [0, 0.1) is 71.0 Å². The Kier molecular flexibility index (Phi) is 21.0. The Balaban J connectivity index is 0.000000137. The van der Waals surface area contributed by atoms with Gasteiger partial charge in [-0.15, -0.1) is 0 Å². The summed E-state index contributed by atoms with van der Waals surface area (Å²) in [5, 5.41) is 4.24. The van der Waals surface area contributed by atoms with E-state index in [9.17, 15) is 28.8 Å². The van der Waals surface area contributed by atoms with Crippen molar-refractivity contribution in [1.29, 1.82) is 0 Å². The second-order valence-corrected chi connectivity index (χ2v) is 28.9. The number of alkyl halides is 1. The summed E-state index contributed by atoms with van der Waals surface area (Å²) in [6.45, 7) is 15.4. The molecule has 9 heterocycles. The maximum absolute atomic E-state index is 12.7. The number of piperazine rings is 3. The summed E-state index contributed by atoms with van der Waals surface area (Å²) in [7, 11) is 0. The van der Waals surface area contributed by atoms with Crippen LogP contribution >= 0.6 is 47.8 Å². The number of fused-ring (bicyclic) bond motifs is 15. The zero-order valence-corrected chi connectivity index (χ0v) is 54.8. The highest BCUT2D eigenvalue weighted by Crippen LogP contribution is 2.58. The van der Waals surface area contributed by atoms with Gasteiger partial charge in [0.15, 0.2) is 0 Å². The van der Waals surface area contributed by atoms with Gasteiger partial charge in [-0.1, -0.05) is 23.4 Å². The molecule has 24 heteroatoms. The zero-order chi connectivity index (χ0) is 63.0. The van der Waals surface area contributed by atoms with Crippen molar-refractivity contribution in [2.24, 2.45) is 71.0 Å². The molecule has 21 nitrogen and oxygen atoms in total. The number of amides is 6. The lowest BCUT2D eigenvalue weighted by molar-refractivity contribution is -0.142. The zero-order valence-electron chi connectivity index (χ0n) is 53.1. The molecule has 3 aromatic rings. The number of carbonyl (C=O) groups is 6. The fourth-order valence-electron chi connectivity index (χ4n) is 17.2. The van der Waals surface area contributed by atoms with Gasteiger partial charge in [0.25, 0.3) is 0 Å². The van der Waals surface area contributed by atoms with E-state index in [0.29, 0.717) is 67.1 Å². The third-order valence-electron chi connectivity index (χ3n) is 21.5. The van der Waals surface area contributed by atoms with E-state index in [-0.39, 0.29) is 78.4 Å². The van der Waals surface area contributed by atoms with Crippen molar-refractivity contribution in [3.63, 3.8) is 0 Å². The first kappa shape index (κ1) is 62.2. The fraction of sp³-hybridized carbons (Fsp3) is 0.719. The number of hydrogen-bond donors (Lipinski definition) is 1. The predicted octanol–water partition coefficient (Wildman–Crippen LogP) is 7.31. The molecule has 12 atom stereocenters. The van der Waals surface area contributed by atoms with Gasteiger partial charge in [-0.3, -0.25) is 53.3 Å². The first-order valence-electron chi connectivity index (χ1n) is 34.1. The molecule has 15 rings (SSSR count). The van der Waals surface area contributed by atoms with Crippen molar-refractivity contribution in [1.82, 2.24) is 59.7 Å². The monoisotopic (exact) mass is 1410 g/mol. The average Bonchev–Trinajstić information content (AvgIpc) is 1.60. The van der Waals surface area contributed by atoms with Gasteiger partial charge in [0.2, 0.25) is 53.3 Å². The largest absolute Gasteiger partial charge is 0.338 e. The Hall–Kier alpha value is -4.62. The number of carbonyl (C=O) groups excluding carboxylic acids is 6. The molecule has 12 fully saturated rings. The van der Waals surface area contributed by atoms with E-state index in [1.54, 1.807) is 39.5 Å². The van der Waals surface area contributed by atoms with Gasteiger partial charge in [0.05, 0.1) is 45.8 Å². The van der Waals surface area contributed by atoms with Crippen LogP contribution in [0.25, 0.3) is 0 Å². The lowest BCUT2D eigenvalue weighted by atomic mass is 9.81. The second-order valence-electron chi connectivity index (χ2n) is 26.2. The Labute approximate surface area is 548 Å². The van der Waals surface area contributed by atoms with Crippen molar-refractivity contribution in [2.75, 3.05) is 131 Å². The van der Waals surface area contributed by atoms with Gasteiger partial charge >= 0.3 is 0 Å². The SMILES string of the molecule is Brc1cnc(N2CCNCC2)nc1.C.O=C1[C@@H]2[C@@H]3CC[C@@H](C3)[C@@H]2C(=O)N1CCCCBr.O=C1[C@@H]2[C@@H]3CC[C@@H](C3)[C@@H]2C(=O)N1CCCCN1CCN(c2ncc(Br)cn2)CC1.[2H][2H].[2H]c1cnc(N2CCN(CCCCN3C(=O)[C@@H]4[C@@H]5CC[C@@H](C5)[C@@H]4C3=O)CC2)nc1. The summed E-state index contributed by atoms with van der Waals surface area (Å²) in [5.41, 5.74) is 0. The van der Waals surface area contributed by atoms with E-state index in [4.69, 9.17) is 4.34 Å². The molecule has 3 aromatic heterocycles. The van der Waals surface area contributed by atoms with Crippen molar-refractivity contribution >= 4 is 101 Å². The summed E-state index contributed by atoms with van der Waals surface area (Å²) < 4.78 is 19.3. The molecule has 480 valence electrons. The normalized spacial score (nSPS) is 31.2. The van der Waals surface area contributed by atoms with Gasteiger partial charge in [-0.2, -0.15) is 0 Å². The number of halogens is 3. The molecule has 6 amide bonds. The van der Waals surface area contributed by atoms with Gasteiger partial charge in [-0.25, -0.2) is 29.9 Å². The van der Waals surface area contributed by atoms with Crippen LogP contribution in [0.15, 0.2) is 52.2 Å². The topological polar surface area (TPSA) is 218 Å². The molecule has 1 N–H and O–H groups in total. The molecule has 0 aromatic carbocycles. The minimum Gasteiger partial charge on any atom is -0.338 e. The van der Waals surface area contributed by atoms with Crippen LogP contribution < -0.4 is 20.0 Å². The predicted molar refractivity (Wildman–Crippen MR) is 348 cm³/mol. The van der Waals surface area contributed by atoms with Crippen molar-refractivity contribution in [3.8, 4) is 0 Å². The summed E-state index contributed by atoms with van der Waals surface area (Å²) in [6, 6.07) is 0.332. The maximum atomic E-state index is 12.7. The Bertz CT molecular complexity index is 2730. The Morgan fingerprint density at radius 1 is 0.432 bits per heavy atom. The Morgan fingerprint density at radius 2 is 0.716 bits per heavy atom. The highest BCUT2D eigenvalue weighted by Gasteiger charge is 2.63. The number of rotatable bonds is 17. The minimum atomic E-state index is 0. The van der Waals surface area contributed by atoms with E-state index in [1.807, 2.05) is 0 Å². The second kappa shape index (κ2) is 29.8. The number of anilines is 3. The van der Waals surface area contributed by atoms with Gasteiger partial charge in [0, 0.05) is 144 Å². The average molecular weight is 1410 g/mol. The molecule has 12 aliphatic rings. The molecule has 6 saturated heterocycles. The standard InChI is InChI=1S/C21H28BrN5O2.C21H29N5O2.C13H18BrNO2.C8H11BrN4.CH4.H2/c22-16-12-23-21(24-13-16)26-9-7-25(8-10-26)5-1-2-6-27-19(28)17-14-3-4-15(11-14)18(17)20(27)29;27-19-17-15-4-5-16(14-15)18(17)20(28)26(19)9-2-1-8-24-10-12-25(13-11-24)21-22-6-3-7-23-21;14-5-1-2-6-15-12(16)10-8-3-4-9(7-8)11(10)13(15)17;9-7-5-11-8(12-6-7)13-3-1-10-2-4-13;;/h12-15,17-18H,1-11H2;3,6-7,15-18H,1-2,4-5,8-14H2;8-11H,1-7H2;5-6,10H,1-4H2;1H4;1H/t14-,15+,17-,18+;15-,16+,17-,18+;8-,9+,10-,11+;;;/i;3D;;;;1+1D. The summed E-state index contributed by atoms with van der Waals surface area (Å²) in [6.07, 6.45) is 26.2. The summed E-state index contributed by atoms with van der Waals surface area (Å²) in [5.74, 6) is 6.26. The van der Waals surface area contributed by atoms with E-state index in [1.165, 1.54) is 25.2 Å². The van der Waals surface area contributed by atoms with Crippen LogP contribution in [0.1, 0.15) is 108 Å². The molecular formula is C64H92Br3N15O6. The maximum Gasteiger partial charge on any atom is 0.233 e. The van der Waals surface area contributed by atoms with Crippen molar-refractivity contribution < 1.29 is 33.1 Å². The lowest BCUT2D eigenvalue weighted by Gasteiger charge is -2.34. The van der Waals surface area contributed by atoms with Gasteiger partial charge in [-0.05, 0) is 183 Å². The lowest BCUT2D eigenvalue weighted by Crippen LogP contribution is -2.47. The highest BCUT2D eigenvalue weighted by atomic mass is 79.9. The van der Waals surface area contributed by atoms with Crippen LogP contribution in [0.2, 0.25) is 0 Å². The van der Waals surface area contributed by atoms with E-state index in [2.05, 4.69) is 108 Å². The molecule has 6 aliphatic heterocycles. The summed E-state index contributed by atoms with van der Waals surface area (Å²) in [4.78, 5) is 117. The number of aromatic nitrogens is 6. The van der Waals surface area contributed by atoms with E-state index in [0.717, 1.165) is 201 Å². The first-order valence-corrected chi connectivity index (χ1v) is 35.3. The minimum absolute atomic E-state index is 0.